The van der Waals surface area contributed by atoms with Crippen LogP contribution in [0.25, 0.3) is 11.1 Å². The first kappa shape index (κ1) is 26.2. The molecule has 0 aromatic heterocycles. The highest BCUT2D eigenvalue weighted by atomic mass is 16.5. The maximum atomic E-state index is 13.0. The number of carboxylic acids is 1. The van der Waals surface area contributed by atoms with Crippen LogP contribution in [-0.2, 0) is 14.3 Å². The number of nitrogens with one attached hydrogen (secondary N) is 2. The van der Waals surface area contributed by atoms with E-state index < -0.39 is 30.1 Å². The van der Waals surface area contributed by atoms with E-state index in [0.29, 0.717) is 6.42 Å². The molecule has 1 aliphatic carbocycles. The molecule has 2 amide bonds. The second-order valence-corrected chi connectivity index (χ2v) is 10.4. The Labute approximate surface area is 206 Å². The van der Waals surface area contributed by atoms with Crippen molar-refractivity contribution in [1.82, 2.24) is 15.5 Å². The zero-order valence-electron chi connectivity index (χ0n) is 21.0. The van der Waals surface area contributed by atoms with Gasteiger partial charge in [0.15, 0.2) is 0 Å². The summed E-state index contributed by atoms with van der Waals surface area (Å²) in [6.45, 7) is 6.10. The van der Waals surface area contributed by atoms with Crippen LogP contribution in [0.15, 0.2) is 48.5 Å². The highest BCUT2D eigenvalue weighted by Crippen LogP contribution is 2.44. The van der Waals surface area contributed by atoms with Crippen molar-refractivity contribution in [1.29, 1.82) is 0 Å². The van der Waals surface area contributed by atoms with Crippen LogP contribution in [0, 0.1) is 5.41 Å². The molecule has 0 heterocycles. The number of likely N-dealkylation sites (N-methyl/N-ethyl adjacent to an activating group) is 1. The summed E-state index contributed by atoms with van der Waals surface area (Å²) in [6.07, 6.45) is -0.395. The molecule has 8 nitrogen and oxygen atoms in total. The molecule has 0 saturated carbocycles. The molecule has 0 bridgehead atoms. The second-order valence-electron chi connectivity index (χ2n) is 10.4. The first-order valence-corrected chi connectivity index (χ1v) is 11.8. The Morgan fingerprint density at radius 3 is 1.97 bits per heavy atom. The lowest BCUT2D eigenvalue weighted by Gasteiger charge is -2.28. The lowest BCUT2D eigenvalue weighted by Crippen LogP contribution is -2.55. The first-order chi connectivity index (χ1) is 16.5. The lowest BCUT2D eigenvalue weighted by molar-refractivity contribution is -0.142. The van der Waals surface area contributed by atoms with E-state index >= 15 is 0 Å². The van der Waals surface area contributed by atoms with E-state index in [9.17, 15) is 19.5 Å². The van der Waals surface area contributed by atoms with Gasteiger partial charge in [0.2, 0.25) is 5.91 Å². The number of alkyl carbamates (subject to hydrolysis) is 1. The number of nitrogens with zero attached hydrogens (tertiary/aromatic N) is 1. The Balaban J connectivity index is 1.69. The molecule has 0 fully saturated rings. The van der Waals surface area contributed by atoms with Crippen molar-refractivity contribution in [3.63, 3.8) is 0 Å². The van der Waals surface area contributed by atoms with Crippen LogP contribution in [0.4, 0.5) is 4.79 Å². The van der Waals surface area contributed by atoms with Crippen LogP contribution in [0.2, 0.25) is 0 Å². The van der Waals surface area contributed by atoms with E-state index in [0.717, 1.165) is 22.3 Å². The van der Waals surface area contributed by atoms with Crippen LogP contribution in [0.5, 0.6) is 0 Å². The predicted octanol–water partition coefficient (Wildman–Crippen LogP) is 3.46. The fraction of sp³-hybridized carbons (Fsp3) is 0.444. The van der Waals surface area contributed by atoms with Crippen molar-refractivity contribution in [2.75, 3.05) is 27.2 Å². The molecule has 2 aromatic rings. The maximum absolute atomic E-state index is 13.0. The van der Waals surface area contributed by atoms with Gasteiger partial charge in [0, 0.05) is 12.5 Å². The van der Waals surface area contributed by atoms with Crippen molar-refractivity contribution in [3.05, 3.63) is 59.7 Å². The van der Waals surface area contributed by atoms with E-state index in [1.54, 1.807) is 19.0 Å². The minimum absolute atomic E-state index is 0.0977. The Morgan fingerprint density at radius 2 is 1.49 bits per heavy atom. The second kappa shape index (κ2) is 10.9. The van der Waals surface area contributed by atoms with Crippen molar-refractivity contribution < 1.29 is 24.2 Å². The van der Waals surface area contributed by atoms with Gasteiger partial charge >= 0.3 is 12.1 Å². The quantitative estimate of drug-likeness (QED) is 0.506. The third-order valence-corrected chi connectivity index (χ3v) is 5.93. The third-order valence-electron chi connectivity index (χ3n) is 5.93. The number of rotatable bonds is 9. The van der Waals surface area contributed by atoms with Crippen LogP contribution in [-0.4, -0.2) is 67.3 Å². The Bertz CT molecular complexity index is 1030. The number of hydrogen-bond donors (Lipinski definition) is 3. The zero-order chi connectivity index (χ0) is 25.8. The Morgan fingerprint density at radius 1 is 0.943 bits per heavy atom. The molecular weight excluding hydrogens is 446 g/mol. The summed E-state index contributed by atoms with van der Waals surface area (Å²) in [6, 6.07) is 14.1. The van der Waals surface area contributed by atoms with Gasteiger partial charge in [0.1, 0.15) is 18.7 Å². The van der Waals surface area contributed by atoms with E-state index in [2.05, 4.69) is 22.8 Å². The number of carboxylic acid groups (broad SMARTS) is 1. The molecule has 0 radical (unpaired) electrons. The van der Waals surface area contributed by atoms with E-state index in [4.69, 9.17) is 4.74 Å². The Hall–Kier alpha value is -3.39. The smallest absolute Gasteiger partial charge is 0.407 e. The van der Waals surface area contributed by atoms with E-state index in [1.807, 2.05) is 57.2 Å². The summed E-state index contributed by atoms with van der Waals surface area (Å²) in [7, 11) is 3.45. The average molecular weight is 482 g/mol. The van der Waals surface area contributed by atoms with E-state index in [-0.39, 0.29) is 24.5 Å². The monoisotopic (exact) mass is 481 g/mol. The number of aliphatic carboxylic acids is 1. The largest absolute Gasteiger partial charge is 0.480 e. The van der Waals surface area contributed by atoms with Gasteiger partial charge in [-0.1, -0.05) is 69.3 Å². The summed E-state index contributed by atoms with van der Waals surface area (Å²) in [4.78, 5) is 39.0. The Kier molecular flexibility index (Phi) is 8.17. The predicted molar refractivity (Wildman–Crippen MR) is 134 cm³/mol. The molecule has 1 unspecified atom stereocenters. The first-order valence-electron chi connectivity index (χ1n) is 11.8. The molecule has 3 rings (SSSR count). The summed E-state index contributed by atoms with van der Waals surface area (Å²) in [5, 5.41) is 14.7. The van der Waals surface area contributed by atoms with Crippen LogP contribution >= 0.6 is 0 Å². The molecule has 2 atom stereocenters. The lowest BCUT2D eigenvalue weighted by atomic mass is 9.87. The number of benzene rings is 2. The van der Waals surface area contributed by atoms with Gasteiger partial charge in [-0.25, -0.2) is 9.59 Å². The fourth-order valence-electron chi connectivity index (χ4n) is 4.43. The number of ether oxygens (including phenoxy) is 1. The average Bonchev–Trinajstić information content (AvgIpc) is 3.09. The number of amides is 2. The number of hydrogen-bond acceptors (Lipinski definition) is 5. The van der Waals surface area contributed by atoms with E-state index in [1.165, 1.54) is 0 Å². The van der Waals surface area contributed by atoms with Gasteiger partial charge < -0.3 is 25.4 Å². The molecule has 1 aliphatic rings. The van der Waals surface area contributed by atoms with Crippen molar-refractivity contribution in [2.45, 2.75) is 45.2 Å². The normalized spacial score (nSPS) is 14.6. The highest BCUT2D eigenvalue weighted by Gasteiger charge is 2.32. The standard InChI is InChI=1S/C27H35N3O5/c1-27(2,3)14-22(24(31)28-23(25(32)33)15-30(4)5)29-26(34)35-16-21-19-12-8-6-10-17(19)18-11-7-9-13-20(18)21/h6-13,21-23H,14-16H2,1-5H3,(H,28,31)(H,29,34)(H,32,33)/t22?,23-/m0/s1. The van der Waals surface area contributed by atoms with Crippen molar-refractivity contribution in [3.8, 4) is 11.1 Å². The molecular formula is C27H35N3O5. The van der Waals surface area contributed by atoms with Gasteiger partial charge in [0.25, 0.3) is 0 Å². The van der Waals surface area contributed by atoms with Crippen LogP contribution in [0.3, 0.4) is 0 Å². The molecule has 2 aromatic carbocycles. The number of carbonyl (C=O) groups excluding carboxylic acids is 2. The molecule has 0 saturated heterocycles. The van der Waals surface area contributed by atoms with Gasteiger partial charge in [-0.15, -0.1) is 0 Å². The van der Waals surface area contributed by atoms with Gasteiger partial charge in [0.05, 0.1) is 0 Å². The summed E-state index contributed by atoms with van der Waals surface area (Å²) in [5.74, 6) is -1.79. The summed E-state index contributed by atoms with van der Waals surface area (Å²) < 4.78 is 5.60. The molecule has 3 N–H and O–H groups in total. The van der Waals surface area contributed by atoms with Gasteiger partial charge in [-0.3, -0.25) is 4.79 Å². The van der Waals surface area contributed by atoms with Gasteiger partial charge in [-0.05, 0) is 48.2 Å². The van der Waals surface area contributed by atoms with Crippen LogP contribution in [0.1, 0.15) is 44.2 Å². The number of carbonyl (C=O) groups is 3. The summed E-state index contributed by atoms with van der Waals surface area (Å²) in [5.41, 5.74) is 4.15. The molecule has 35 heavy (non-hydrogen) atoms. The zero-order valence-corrected chi connectivity index (χ0v) is 21.0. The summed E-state index contributed by atoms with van der Waals surface area (Å²) >= 11 is 0. The number of fused-ring (bicyclic) bond motifs is 3. The minimum atomic E-state index is -1.14. The molecule has 0 aliphatic heterocycles. The highest BCUT2D eigenvalue weighted by molar-refractivity contribution is 5.89. The maximum Gasteiger partial charge on any atom is 0.407 e. The van der Waals surface area contributed by atoms with Gasteiger partial charge in [-0.2, -0.15) is 0 Å². The van der Waals surface area contributed by atoms with Crippen molar-refractivity contribution in [2.24, 2.45) is 5.41 Å². The van der Waals surface area contributed by atoms with Crippen molar-refractivity contribution >= 4 is 18.0 Å². The third kappa shape index (κ3) is 6.82. The molecule has 188 valence electrons. The fourth-order valence-corrected chi connectivity index (χ4v) is 4.43. The minimum Gasteiger partial charge on any atom is -0.480 e. The SMILES string of the molecule is CN(C)C[C@H](NC(=O)C(CC(C)(C)C)NC(=O)OCC1c2ccccc2-c2ccccc21)C(=O)O. The molecule has 8 heteroatoms. The topological polar surface area (TPSA) is 108 Å². The molecule has 0 spiro atoms. The van der Waals surface area contributed by atoms with Crippen LogP contribution < -0.4 is 10.6 Å².